The molecule has 0 aliphatic carbocycles. The molecule has 4 N–H and O–H groups in total. The fraction of sp³-hybridized carbons (Fsp3) is 0.385. The van der Waals surface area contributed by atoms with E-state index < -0.39 is 17.1 Å². The van der Waals surface area contributed by atoms with Crippen LogP contribution in [0.1, 0.15) is 25.8 Å². The Bertz CT molecular complexity index is 563. The van der Waals surface area contributed by atoms with Gasteiger partial charge in [0.2, 0.25) is 5.91 Å². The summed E-state index contributed by atoms with van der Waals surface area (Å²) in [7, 11) is 0. The quantitative estimate of drug-likeness (QED) is 0.339. The zero-order chi connectivity index (χ0) is 15.5. The second kappa shape index (κ2) is 6.21. The molecule has 0 aliphatic heterocycles. The van der Waals surface area contributed by atoms with Gasteiger partial charge in [-0.2, -0.15) is 0 Å². The molecule has 0 bridgehead atoms. The minimum absolute atomic E-state index is 0.187. The molecule has 1 aromatic carbocycles. The van der Waals surface area contributed by atoms with Crippen LogP contribution < -0.4 is 11.1 Å². The molecule has 7 heteroatoms. The van der Waals surface area contributed by atoms with Crippen molar-refractivity contribution >= 4 is 33.4 Å². The van der Waals surface area contributed by atoms with Crippen LogP contribution in [0.3, 0.4) is 0 Å². The standard InChI is InChI=1S/C13H17BrFN3O2/c1-4-13(3,11(16)18-20)12(19)17-10-6-9(15)8(14)5-7(10)2/h5-6,20H,4H2,1-3H3,(H2,16,18)(H,17,19). The van der Waals surface area contributed by atoms with Gasteiger partial charge < -0.3 is 16.3 Å². The normalized spacial score (nSPS) is 14.8. The first-order chi connectivity index (χ1) is 9.26. The minimum atomic E-state index is -1.16. The van der Waals surface area contributed by atoms with E-state index in [1.807, 2.05) is 0 Å². The molecular formula is C13H17BrFN3O2. The van der Waals surface area contributed by atoms with Crippen LogP contribution in [-0.4, -0.2) is 17.0 Å². The van der Waals surface area contributed by atoms with Gasteiger partial charge in [0.25, 0.3) is 0 Å². The third kappa shape index (κ3) is 3.09. The molecule has 0 aromatic heterocycles. The van der Waals surface area contributed by atoms with Gasteiger partial charge in [-0.1, -0.05) is 12.1 Å². The van der Waals surface area contributed by atoms with E-state index in [0.29, 0.717) is 22.1 Å². The highest BCUT2D eigenvalue weighted by Gasteiger charge is 2.36. The Balaban J connectivity index is 3.10. The Morgan fingerprint density at radius 3 is 2.70 bits per heavy atom. The molecule has 1 aromatic rings. The maximum Gasteiger partial charge on any atom is 0.238 e. The molecular weight excluding hydrogens is 329 g/mol. The molecule has 1 unspecified atom stereocenters. The first-order valence-corrected chi connectivity index (χ1v) is 6.80. The average molecular weight is 346 g/mol. The summed E-state index contributed by atoms with van der Waals surface area (Å²) in [5.41, 5.74) is 5.45. The van der Waals surface area contributed by atoms with Crippen LogP contribution in [0.5, 0.6) is 0 Å². The van der Waals surface area contributed by atoms with Gasteiger partial charge in [0, 0.05) is 5.69 Å². The zero-order valence-corrected chi connectivity index (χ0v) is 13.1. The van der Waals surface area contributed by atoms with Gasteiger partial charge in [0.05, 0.1) is 4.47 Å². The lowest BCUT2D eigenvalue weighted by Crippen LogP contribution is -2.44. The van der Waals surface area contributed by atoms with Crippen LogP contribution in [0.25, 0.3) is 0 Å². The van der Waals surface area contributed by atoms with Crippen molar-refractivity contribution in [1.29, 1.82) is 0 Å². The van der Waals surface area contributed by atoms with Crippen molar-refractivity contribution in [3.8, 4) is 0 Å². The van der Waals surface area contributed by atoms with Gasteiger partial charge in [0.1, 0.15) is 11.2 Å². The first-order valence-electron chi connectivity index (χ1n) is 6.01. The molecule has 0 radical (unpaired) electrons. The number of aryl methyl sites for hydroxylation is 1. The van der Waals surface area contributed by atoms with E-state index in [0.717, 1.165) is 0 Å². The van der Waals surface area contributed by atoms with E-state index in [4.69, 9.17) is 10.9 Å². The van der Waals surface area contributed by atoms with Crippen molar-refractivity contribution in [2.75, 3.05) is 5.32 Å². The number of nitrogens with zero attached hydrogens (tertiary/aromatic N) is 1. The number of benzene rings is 1. The third-order valence-electron chi connectivity index (χ3n) is 3.40. The maximum absolute atomic E-state index is 13.5. The predicted octanol–water partition coefficient (Wildman–Crippen LogP) is 3.00. The summed E-state index contributed by atoms with van der Waals surface area (Å²) in [4.78, 5) is 12.3. The van der Waals surface area contributed by atoms with Crippen LogP contribution in [0, 0.1) is 18.2 Å². The summed E-state index contributed by atoms with van der Waals surface area (Å²) in [6.07, 6.45) is 0.340. The summed E-state index contributed by atoms with van der Waals surface area (Å²) in [5.74, 6) is -1.12. The number of carbonyl (C=O) groups excluding carboxylic acids is 1. The molecule has 0 saturated heterocycles. The number of rotatable bonds is 4. The van der Waals surface area contributed by atoms with Crippen LogP contribution in [0.15, 0.2) is 21.8 Å². The topological polar surface area (TPSA) is 87.7 Å². The van der Waals surface area contributed by atoms with E-state index >= 15 is 0 Å². The number of amides is 1. The number of amidine groups is 1. The van der Waals surface area contributed by atoms with Gasteiger partial charge in [-0.25, -0.2) is 4.39 Å². The predicted molar refractivity (Wildman–Crippen MR) is 79.3 cm³/mol. The maximum atomic E-state index is 13.5. The molecule has 5 nitrogen and oxygen atoms in total. The SMILES string of the molecule is CCC(C)(C(=O)Nc1cc(F)c(Br)cc1C)/C(N)=N/O. The number of carbonyl (C=O) groups is 1. The molecule has 0 saturated carbocycles. The molecule has 1 atom stereocenters. The monoisotopic (exact) mass is 345 g/mol. The van der Waals surface area contributed by atoms with Crippen molar-refractivity contribution in [2.24, 2.45) is 16.3 Å². The number of hydrogen-bond acceptors (Lipinski definition) is 3. The third-order valence-corrected chi connectivity index (χ3v) is 4.00. The molecule has 20 heavy (non-hydrogen) atoms. The highest BCUT2D eigenvalue weighted by Crippen LogP contribution is 2.28. The largest absolute Gasteiger partial charge is 0.409 e. The Morgan fingerprint density at radius 2 is 2.20 bits per heavy atom. The molecule has 0 fully saturated rings. The van der Waals surface area contributed by atoms with E-state index in [1.54, 1.807) is 26.8 Å². The minimum Gasteiger partial charge on any atom is -0.409 e. The number of oxime groups is 1. The van der Waals surface area contributed by atoms with Gasteiger partial charge in [-0.3, -0.25) is 4.79 Å². The number of nitrogens with one attached hydrogen (secondary N) is 1. The first kappa shape index (κ1) is 16.4. The van der Waals surface area contributed by atoms with Crippen molar-refractivity contribution < 1.29 is 14.4 Å². The van der Waals surface area contributed by atoms with Crippen LogP contribution >= 0.6 is 15.9 Å². The number of hydrogen-bond donors (Lipinski definition) is 3. The molecule has 1 amide bonds. The lowest BCUT2D eigenvalue weighted by molar-refractivity contribution is -0.121. The van der Waals surface area contributed by atoms with Crippen LogP contribution in [-0.2, 0) is 4.79 Å². The molecule has 110 valence electrons. The lowest BCUT2D eigenvalue weighted by Gasteiger charge is -2.25. The summed E-state index contributed by atoms with van der Waals surface area (Å²) in [6.45, 7) is 5.04. The lowest BCUT2D eigenvalue weighted by atomic mass is 9.85. The van der Waals surface area contributed by atoms with Crippen LogP contribution in [0.4, 0.5) is 10.1 Å². The average Bonchev–Trinajstić information content (AvgIpc) is 2.42. The molecule has 0 aliphatic rings. The Labute approximate surface area is 125 Å². The summed E-state index contributed by atoms with van der Waals surface area (Å²) >= 11 is 3.07. The molecule has 1 rings (SSSR count). The second-order valence-electron chi connectivity index (χ2n) is 4.71. The van der Waals surface area contributed by atoms with E-state index in [1.165, 1.54) is 6.07 Å². The zero-order valence-electron chi connectivity index (χ0n) is 11.5. The Hall–Kier alpha value is -1.63. The number of halogens is 2. The fourth-order valence-electron chi connectivity index (χ4n) is 1.61. The molecule has 0 spiro atoms. The van der Waals surface area contributed by atoms with Gasteiger partial charge >= 0.3 is 0 Å². The molecule has 0 heterocycles. The van der Waals surface area contributed by atoms with Gasteiger partial charge in [0.15, 0.2) is 5.84 Å². The smallest absolute Gasteiger partial charge is 0.238 e. The van der Waals surface area contributed by atoms with E-state index in [9.17, 15) is 9.18 Å². The fourth-order valence-corrected chi connectivity index (χ4v) is 2.07. The van der Waals surface area contributed by atoms with E-state index in [2.05, 4.69) is 26.4 Å². The highest BCUT2D eigenvalue weighted by atomic mass is 79.9. The van der Waals surface area contributed by atoms with Crippen molar-refractivity contribution in [2.45, 2.75) is 27.2 Å². The summed E-state index contributed by atoms with van der Waals surface area (Å²) in [5, 5.41) is 14.3. The van der Waals surface area contributed by atoms with Crippen molar-refractivity contribution in [3.63, 3.8) is 0 Å². The van der Waals surface area contributed by atoms with Crippen molar-refractivity contribution in [1.82, 2.24) is 0 Å². The van der Waals surface area contributed by atoms with Crippen molar-refractivity contribution in [3.05, 3.63) is 28.0 Å². The number of anilines is 1. The van der Waals surface area contributed by atoms with Gasteiger partial charge in [-0.15, -0.1) is 0 Å². The second-order valence-corrected chi connectivity index (χ2v) is 5.56. The number of nitrogens with two attached hydrogens (primary N) is 1. The summed E-state index contributed by atoms with van der Waals surface area (Å²) < 4.78 is 13.8. The van der Waals surface area contributed by atoms with Crippen LogP contribution in [0.2, 0.25) is 0 Å². The van der Waals surface area contributed by atoms with Gasteiger partial charge in [-0.05, 0) is 53.9 Å². The summed E-state index contributed by atoms with van der Waals surface area (Å²) in [6, 6.07) is 2.79. The Morgan fingerprint density at radius 1 is 1.60 bits per heavy atom. The van der Waals surface area contributed by atoms with E-state index in [-0.39, 0.29) is 5.84 Å². The Kier molecular flexibility index (Phi) is 5.10. The highest BCUT2D eigenvalue weighted by molar-refractivity contribution is 9.10.